The van der Waals surface area contributed by atoms with E-state index in [1.807, 2.05) is 49.4 Å². The van der Waals surface area contributed by atoms with E-state index in [4.69, 9.17) is 4.42 Å². The molecular formula is C15H17N3O2. The Morgan fingerprint density at radius 3 is 2.60 bits per heavy atom. The molecule has 0 saturated heterocycles. The molecule has 1 heterocycles. The number of anilines is 1. The lowest BCUT2D eigenvalue weighted by Gasteiger charge is -2.05. The van der Waals surface area contributed by atoms with E-state index in [1.165, 1.54) is 0 Å². The van der Waals surface area contributed by atoms with Crippen molar-refractivity contribution in [2.75, 3.05) is 11.9 Å². The van der Waals surface area contributed by atoms with Crippen molar-refractivity contribution in [3.63, 3.8) is 0 Å². The highest BCUT2D eigenvalue weighted by molar-refractivity contribution is 5.97. The third-order valence-electron chi connectivity index (χ3n) is 2.67. The zero-order chi connectivity index (χ0) is 14.4. The van der Waals surface area contributed by atoms with Gasteiger partial charge in [0.15, 0.2) is 0 Å². The Morgan fingerprint density at radius 2 is 1.95 bits per heavy atom. The van der Waals surface area contributed by atoms with Gasteiger partial charge in [-0.2, -0.15) is 5.10 Å². The molecule has 0 aliphatic heterocycles. The highest BCUT2D eigenvalue weighted by Crippen LogP contribution is 2.07. The van der Waals surface area contributed by atoms with E-state index in [0.717, 1.165) is 11.4 Å². The summed E-state index contributed by atoms with van der Waals surface area (Å²) in [4.78, 5) is 11.6. The van der Waals surface area contributed by atoms with Gasteiger partial charge < -0.3 is 9.73 Å². The van der Waals surface area contributed by atoms with Gasteiger partial charge in [-0.15, -0.1) is 0 Å². The second-order valence-electron chi connectivity index (χ2n) is 4.36. The lowest BCUT2D eigenvalue weighted by Crippen LogP contribution is -2.26. The fourth-order valence-corrected chi connectivity index (χ4v) is 1.61. The number of hydrazone groups is 1. The minimum absolute atomic E-state index is 0.165. The van der Waals surface area contributed by atoms with E-state index in [1.54, 1.807) is 6.92 Å². The molecule has 0 unspecified atom stereocenters. The number of furan rings is 1. The number of nitrogens with one attached hydrogen (secondary N) is 2. The number of rotatable bonds is 5. The van der Waals surface area contributed by atoms with Crippen molar-refractivity contribution >= 4 is 17.3 Å². The summed E-state index contributed by atoms with van der Waals surface area (Å²) in [5.74, 6) is 1.25. The zero-order valence-electron chi connectivity index (χ0n) is 11.5. The van der Waals surface area contributed by atoms with Crippen molar-refractivity contribution in [3.8, 4) is 0 Å². The molecule has 0 aliphatic carbocycles. The minimum atomic E-state index is -0.212. The average molecular weight is 271 g/mol. The molecule has 0 fully saturated rings. The topological polar surface area (TPSA) is 66.6 Å². The lowest BCUT2D eigenvalue weighted by molar-refractivity contribution is -0.119. The fourth-order valence-electron chi connectivity index (χ4n) is 1.61. The second kappa shape index (κ2) is 6.56. The van der Waals surface area contributed by atoms with Crippen molar-refractivity contribution in [3.05, 3.63) is 54.0 Å². The van der Waals surface area contributed by atoms with Crippen molar-refractivity contribution in [1.29, 1.82) is 0 Å². The molecule has 5 nitrogen and oxygen atoms in total. The van der Waals surface area contributed by atoms with Gasteiger partial charge in [-0.05, 0) is 38.1 Å². The summed E-state index contributed by atoms with van der Waals surface area (Å²) in [6, 6.07) is 13.2. The first-order valence-corrected chi connectivity index (χ1v) is 6.34. The third kappa shape index (κ3) is 3.98. The maximum Gasteiger partial charge on any atom is 0.259 e. The van der Waals surface area contributed by atoms with Crippen LogP contribution >= 0.6 is 0 Å². The summed E-state index contributed by atoms with van der Waals surface area (Å²) < 4.78 is 5.41. The van der Waals surface area contributed by atoms with Crippen LogP contribution in [-0.2, 0) is 4.79 Å². The first-order chi connectivity index (χ1) is 9.65. The molecule has 104 valence electrons. The minimum Gasteiger partial charge on any atom is -0.460 e. The molecule has 2 rings (SSSR count). The summed E-state index contributed by atoms with van der Waals surface area (Å²) >= 11 is 0. The molecule has 0 aliphatic rings. The monoisotopic (exact) mass is 271 g/mol. The number of nitrogens with zero attached hydrogens (tertiary/aromatic N) is 1. The molecule has 0 atom stereocenters. The van der Waals surface area contributed by atoms with Gasteiger partial charge >= 0.3 is 0 Å². The van der Waals surface area contributed by atoms with Gasteiger partial charge in [-0.3, -0.25) is 4.79 Å². The number of hydrogen-bond donors (Lipinski definition) is 2. The molecule has 2 aromatic rings. The van der Waals surface area contributed by atoms with Crippen LogP contribution in [0.2, 0.25) is 0 Å². The maximum atomic E-state index is 11.6. The fraction of sp³-hybridized carbons (Fsp3) is 0.200. The number of carbonyl (C=O) groups is 1. The molecule has 20 heavy (non-hydrogen) atoms. The van der Waals surface area contributed by atoms with Crippen LogP contribution in [0, 0.1) is 6.92 Å². The van der Waals surface area contributed by atoms with Gasteiger partial charge in [0, 0.05) is 5.69 Å². The van der Waals surface area contributed by atoms with Gasteiger partial charge in [-0.25, -0.2) is 5.43 Å². The van der Waals surface area contributed by atoms with Crippen LogP contribution in [0.25, 0.3) is 0 Å². The first-order valence-electron chi connectivity index (χ1n) is 6.34. The van der Waals surface area contributed by atoms with Crippen molar-refractivity contribution in [2.45, 2.75) is 13.8 Å². The van der Waals surface area contributed by atoms with Crippen LogP contribution in [-0.4, -0.2) is 18.2 Å². The van der Waals surface area contributed by atoms with Gasteiger partial charge in [-0.1, -0.05) is 18.2 Å². The predicted octanol–water partition coefficient (Wildman–Crippen LogP) is 2.54. The van der Waals surface area contributed by atoms with Crippen LogP contribution in [0.1, 0.15) is 18.4 Å². The van der Waals surface area contributed by atoms with E-state index < -0.39 is 0 Å². The van der Waals surface area contributed by atoms with Crippen molar-refractivity contribution in [2.24, 2.45) is 5.10 Å². The number of aryl methyl sites for hydroxylation is 1. The van der Waals surface area contributed by atoms with E-state index in [0.29, 0.717) is 11.5 Å². The Kier molecular flexibility index (Phi) is 4.55. The van der Waals surface area contributed by atoms with Gasteiger partial charge in [0.25, 0.3) is 5.91 Å². The quantitative estimate of drug-likeness (QED) is 0.648. The zero-order valence-corrected chi connectivity index (χ0v) is 11.5. The highest BCUT2D eigenvalue weighted by atomic mass is 16.3. The molecule has 0 spiro atoms. The number of carbonyl (C=O) groups excluding carboxylic acids is 1. The number of para-hydroxylation sites is 1. The van der Waals surface area contributed by atoms with Gasteiger partial charge in [0.1, 0.15) is 17.2 Å². The molecule has 0 radical (unpaired) electrons. The SMILES string of the molecule is C/C(=N/NC(=O)CNc1ccccc1)c1ccc(C)o1. The first kappa shape index (κ1) is 13.9. The van der Waals surface area contributed by atoms with E-state index in [2.05, 4.69) is 15.8 Å². The summed E-state index contributed by atoms with van der Waals surface area (Å²) in [5.41, 5.74) is 4.01. The number of benzene rings is 1. The van der Waals surface area contributed by atoms with E-state index >= 15 is 0 Å². The van der Waals surface area contributed by atoms with Crippen LogP contribution in [0.5, 0.6) is 0 Å². The molecule has 0 saturated carbocycles. The molecule has 1 aromatic carbocycles. The van der Waals surface area contributed by atoms with Crippen LogP contribution in [0.15, 0.2) is 52.0 Å². The molecule has 5 heteroatoms. The van der Waals surface area contributed by atoms with E-state index in [-0.39, 0.29) is 12.5 Å². The Morgan fingerprint density at radius 1 is 1.20 bits per heavy atom. The van der Waals surface area contributed by atoms with Crippen LogP contribution in [0.3, 0.4) is 0 Å². The molecule has 1 aromatic heterocycles. The molecule has 0 bridgehead atoms. The normalized spacial score (nSPS) is 11.2. The average Bonchev–Trinajstić information content (AvgIpc) is 2.90. The maximum absolute atomic E-state index is 11.6. The number of hydrogen-bond acceptors (Lipinski definition) is 4. The molecule has 2 N–H and O–H groups in total. The third-order valence-corrected chi connectivity index (χ3v) is 2.67. The molecule has 1 amide bonds. The predicted molar refractivity (Wildman–Crippen MR) is 78.7 cm³/mol. The standard InChI is InChI=1S/C15H17N3O2/c1-11-8-9-14(20-11)12(2)17-18-15(19)10-16-13-6-4-3-5-7-13/h3-9,16H,10H2,1-2H3,(H,18,19)/b17-12-. The Balaban J connectivity index is 1.83. The highest BCUT2D eigenvalue weighted by Gasteiger charge is 2.04. The summed E-state index contributed by atoms with van der Waals surface area (Å²) in [6.45, 7) is 3.81. The van der Waals surface area contributed by atoms with Crippen molar-refractivity contribution < 1.29 is 9.21 Å². The number of amides is 1. The van der Waals surface area contributed by atoms with Gasteiger partial charge in [0.05, 0.1) is 6.54 Å². The van der Waals surface area contributed by atoms with E-state index in [9.17, 15) is 4.79 Å². The van der Waals surface area contributed by atoms with Crippen molar-refractivity contribution in [1.82, 2.24) is 5.43 Å². The van der Waals surface area contributed by atoms with Crippen LogP contribution < -0.4 is 10.7 Å². The Bertz CT molecular complexity index is 603. The summed E-state index contributed by atoms with van der Waals surface area (Å²) in [7, 11) is 0. The largest absolute Gasteiger partial charge is 0.460 e. The van der Waals surface area contributed by atoms with Gasteiger partial charge in [0.2, 0.25) is 0 Å². The Hall–Kier alpha value is -2.56. The van der Waals surface area contributed by atoms with Crippen LogP contribution in [0.4, 0.5) is 5.69 Å². The second-order valence-corrected chi connectivity index (χ2v) is 4.36. The molecular weight excluding hydrogens is 254 g/mol. The Labute approximate surface area is 117 Å². The summed E-state index contributed by atoms with van der Waals surface area (Å²) in [5, 5.41) is 7.01. The lowest BCUT2D eigenvalue weighted by atomic mass is 10.3. The summed E-state index contributed by atoms with van der Waals surface area (Å²) in [6.07, 6.45) is 0. The smallest absolute Gasteiger partial charge is 0.259 e.